The van der Waals surface area contributed by atoms with E-state index >= 15 is 0 Å². The molecule has 0 atom stereocenters. The minimum absolute atomic E-state index is 0.154. The molecule has 0 aliphatic rings. The summed E-state index contributed by atoms with van der Waals surface area (Å²) in [7, 11) is 0. The molecule has 0 radical (unpaired) electrons. The number of halogens is 5. The first-order valence-electron chi connectivity index (χ1n) is 4.50. The zero-order valence-corrected chi connectivity index (χ0v) is 8.83. The van der Waals surface area contributed by atoms with Crippen molar-refractivity contribution in [3.05, 3.63) is 28.8 Å². The van der Waals surface area contributed by atoms with E-state index in [1.807, 2.05) is 0 Å². The van der Waals surface area contributed by atoms with Crippen molar-refractivity contribution in [2.24, 2.45) is 0 Å². The molecular weight excluding hydrogens is 277 g/mol. The van der Waals surface area contributed by atoms with E-state index < -0.39 is 41.2 Å². The number of carbonyl (C=O) groups is 1. The highest BCUT2D eigenvalue weighted by molar-refractivity contribution is 5.91. The highest BCUT2D eigenvalue weighted by Gasteiger charge is 2.36. The molecule has 1 N–H and O–H groups in total. The number of rotatable bonds is 3. The van der Waals surface area contributed by atoms with Crippen LogP contribution in [0.25, 0.3) is 0 Å². The van der Waals surface area contributed by atoms with Gasteiger partial charge in [0.2, 0.25) is 0 Å². The molecule has 1 aromatic rings. The first-order chi connectivity index (χ1) is 8.66. The quantitative estimate of drug-likeness (QED) is 0.865. The standard InChI is InChI=1S/C10H4F5NO3/c11-9(12)19-7-2-5(8(17)18)4(3-16)1-6(7)10(13,14)15/h1-2,9H,(H,17,18). The summed E-state index contributed by atoms with van der Waals surface area (Å²) in [6.45, 7) is -3.56. The molecule has 0 saturated carbocycles. The lowest BCUT2D eigenvalue weighted by atomic mass is 10.0. The zero-order valence-electron chi connectivity index (χ0n) is 8.83. The Hall–Kier alpha value is -2.37. The van der Waals surface area contributed by atoms with Gasteiger partial charge in [0.1, 0.15) is 11.8 Å². The first-order valence-corrected chi connectivity index (χ1v) is 4.50. The van der Waals surface area contributed by atoms with Crippen molar-refractivity contribution in [1.29, 1.82) is 5.26 Å². The van der Waals surface area contributed by atoms with Gasteiger partial charge in [-0.05, 0) is 12.1 Å². The number of alkyl halides is 5. The van der Waals surface area contributed by atoms with Crippen molar-refractivity contribution >= 4 is 5.97 Å². The Morgan fingerprint density at radius 3 is 2.32 bits per heavy atom. The van der Waals surface area contributed by atoms with Crippen molar-refractivity contribution in [2.75, 3.05) is 0 Å². The van der Waals surface area contributed by atoms with Crippen LogP contribution in [0.1, 0.15) is 21.5 Å². The number of nitrogens with zero attached hydrogens (tertiary/aromatic N) is 1. The van der Waals surface area contributed by atoms with Crippen LogP contribution in [0.5, 0.6) is 5.75 Å². The lowest BCUT2D eigenvalue weighted by molar-refractivity contribution is -0.141. The Morgan fingerprint density at radius 1 is 1.37 bits per heavy atom. The summed E-state index contributed by atoms with van der Waals surface area (Å²) in [4.78, 5) is 10.7. The Morgan fingerprint density at radius 2 is 1.95 bits per heavy atom. The van der Waals surface area contributed by atoms with Gasteiger partial charge in [0.25, 0.3) is 0 Å². The second-order valence-corrected chi connectivity index (χ2v) is 3.19. The van der Waals surface area contributed by atoms with Crippen molar-refractivity contribution in [3.8, 4) is 11.8 Å². The van der Waals surface area contributed by atoms with Gasteiger partial charge in [-0.15, -0.1) is 0 Å². The molecule has 0 bridgehead atoms. The predicted molar refractivity (Wildman–Crippen MR) is 49.8 cm³/mol. The summed E-state index contributed by atoms with van der Waals surface area (Å²) in [5, 5.41) is 17.2. The Balaban J connectivity index is 3.54. The Labute approximate surface area is 102 Å². The van der Waals surface area contributed by atoms with Crippen molar-refractivity contribution in [3.63, 3.8) is 0 Å². The van der Waals surface area contributed by atoms with Crippen LogP contribution in [0.15, 0.2) is 12.1 Å². The van der Waals surface area contributed by atoms with E-state index in [2.05, 4.69) is 4.74 Å². The SMILES string of the molecule is N#Cc1cc(C(F)(F)F)c(OC(F)F)cc1C(=O)O. The topological polar surface area (TPSA) is 70.3 Å². The molecule has 0 aromatic heterocycles. The summed E-state index contributed by atoms with van der Waals surface area (Å²) in [6.07, 6.45) is -5.06. The monoisotopic (exact) mass is 281 g/mol. The highest BCUT2D eigenvalue weighted by Crippen LogP contribution is 2.38. The van der Waals surface area contributed by atoms with E-state index in [9.17, 15) is 26.7 Å². The number of carboxylic acid groups (broad SMARTS) is 1. The summed E-state index contributed by atoms with van der Waals surface area (Å²) < 4.78 is 65.3. The van der Waals surface area contributed by atoms with Crippen LogP contribution < -0.4 is 4.74 Å². The third-order valence-corrected chi connectivity index (χ3v) is 1.99. The van der Waals surface area contributed by atoms with Gasteiger partial charge in [0.15, 0.2) is 0 Å². The number of carboxylic acids is 1. The summed E-state index contributed by atoms with van der Waals surface area (Å²) in [6, 6.07) is 1.65. The molecule has 0 aliphatic carbocycles. The van der Waals surface area contributed by atoms with Crippen molar-refractivity contribution in [2.45, 2.75) is 12.8 Å². The molecule has 0 amide bonds. The minimum Gasteiger partial charge on any atom is -0.478 e. The van der Waals surface area contributed by atoms with Crippen LogP contribution in [0.4, 0.5) is 22.0 Å². The molecule has 0 spiro atoms. The fourth-order valence-electron chi connectivity index (χ4n) is 1.26. The van der Waals surface area contributed by atoms with Crippen LogP contribution >= 0.6 is 0 Å². The number of hydrogen-bond donors (Lipinski definition) is 1. The van der Waals surface area contributed by atoms with Gasteiger partial charge in [-0.1, -0.05) is 0 Å². The largest absolute Gasteiger partial charge is 0.478 e. The predicted octanol–water partition coefficient (Wildman–Crippen LogP) is 2.88. The zero-order chi connectivity index (χ0) is 14.8. The minimum atomic E-state index is -5.06. The van der Waals surface area contributed by atoms with Gasteiger partial charge in [-0.25, -0.2) is 4.79 Å². The normalized spacial score (nSPS) is 11.2. The highest BCUT2D eigenvalue weighted by atomic mass is 19.4. The molecule has 0 unspecified atom stereocenters. The molecule has 1 rings (SSSR count). The lowest BCUT2D eigenvalue weighted by Crippen LogP contribution is -2.14. The van der Waals surface area contributed by atoms with Crippen LogP contribution in [0, 0.1) is 11.3 Å². The van der Waals surface area contributed by atoms with Crippen LogP contribution in [0.3, 0.4) is 0 Å². The molecule has 0 aliphatic heterocycles. The smallest absolute Gasteiger partial charge is 0.420 e. The molecule has 0 saturated heterocycles. The molecule has 19 heavy (non-hydrogen) atoms. The fourth-order valence-corrected chi connectivity index (χ4v) is 1.26. The van der Waals surface area contributed by atoms with E-state index in [0.717, 1.165) is 0 Å². The van der Waals surface area contributed by atoms with Gasteiger partial charge in [0, 0.05) is 0 Å². The Kier molecular flexibility index (Phi) is 3.94. The van der Waals surface area contributed by atoms with Crippen molar-refractivity contribution in [1.82, 2.24) is 0 Å². The molecular formula is C10H4F5NO3. The molecule has 9 heteroatoms. The van der Waals surface area contributed by atoms with Crippen LogP contribution in [-0.2, 0) is 6.18 Å². The van der Waals surface area contributed by atoms with E-state index in [0.29, 0.717) is 0 Å². The van der Waals surface area contributed by atoms with E-state index in [1.54, 1.807) is 0 Å². The van der Waals surface area contributed by atoms with Gasteiger partial charge in [-0.3, -0.25) is 0 Å². The fraction of sp³-hybridized carbons (Fsp3) is 0.200. The van der Waals surface area contributed by atoms with E-state index in [4.69, 9.17) is 10.4 Å². The van der Waals surface area contributed by atoms with Crippen molar-refractivity contribution < 1.29 is 36.6 Å². The van der Waals surface area contributed by atoms with Crippen LogP contribution in [0.2, 0.25) is 0 Å². The maximum Gasteiger partial charge on any atom is 0.420 e. The second-order valence-electron chi connectivity index (χ2n) is 3.19. The van der Waals surface area contributed by atoms with Gasteiger partial charge in [-0.2, -0.15) is 27.2 Å². The molecule has 0 heterocycles. The third kappa shape index (κ3) is 3.31. The maximum absolute atomic E-state index is 12.6. The van der Waals surface area contributed by atoms with E-state index in [-0.39, 0.29) is 12.1 Å². The molecule has 0 fully saturated rings. The number of benzene rings is 1. The van der Waals surface area contributed by atoms with Crippen LogP contribution in [-0.4, -0.2) is 17.7 Å². The summed E-state index contributed by atoms with van der Waals surface area (Å²) in [5.74, 6) is -3.08. The first kappa shape index (κ1) is 14.7. The second kappa shape index (κ2) is 5.09. The molecule has 102 valence electrons. The number of nitriles is 1. The van der Waals surface area contributed by atoms with Gasteiger partial charge < -0.3 is 9.84 Å². The third-order valence-electron chi connectivity index (χ3n) is 1.99. The number of aromatic carboxylic acids is 1. The number of hydrogen-bond acceptors (Lipinski definition) is 3. The molecule has 1 aromatic carbocycles. The maximum atomic E-state index is 12.6. The average molecular weight is 281 g/mol. The lowest BCUT2D eigenvalue weighted by Gasteiger charge is -2.14. The van der Waals surface area contributed by atoms with E-state index in [1.165, 1.54) is 6.07 Å². The average Bonchev–Trinajstić information content (AvgIpc) is 2.25. The van der Waals surface area contributed by atoms with Gasteiger partial charge >= 0.3 is 18.8 Å². The Bertz CT molecular complexity index is 547. The summed E-state index contributed by atoms with van der Waals surface area (Å²) in [5.41, 5.74) is -3.30. The summed E-state index contributed by atoms with van der Waals surface area (Å²) >= 11 is 0. The molecule has 4 nitrogen and oxygen atoms in total. The number of ether oxygens (including phenoxy) is 1. The van der Waals surface area contributed by atoms with Gasteiger partial charge in [0.05, 0.1) is 16.7 Å².